The number of carbonyl (C=O) groups is 1. The van der Waals surface area contributed by atoms with Gasteiger partial charge in [0.25, 0.3) is 9.70 Å². The van der Waals surface area contributed by atoms with Crippen LogP contribution in [0, 0.1) is 0 Å². The number of alkyl halides is 3. The Morgan fingerprint density at radius 3 is 2.48 bits per heavy atom. The van der Waals surface area contributed by atoms with Crippen LogP contribution in [0.25, 0.3) is 0 Å². The van der Waals surface area contributed by atoms with E-state index < -0.39 is 9.70 Å². The number of halogens is 3. The number of carbonyl (C=O) groups excluding carboxylic acids is 1. The van der Waals surface area contributed by atoms with E-state index in [1.165, 1.54) is 17.6 Å². The van der Waals surface area contributed by atoms with Gasteiger partial charge in [0.05, 0.1) is 13.2 Å². The third kappa shape index (κ3) is 4.27. The van der Waals surface area contributed by atoms with Crippen LogP contribution in [-0.4, -0.2) is 34.3 Å². The molecule has 0 N–H and O–H groups in total. The third-order valence-corrected chi connectivity index (χ3v) is 5.64. The SMILES string of the molecule is COc1ccc(CC2C3=C(CCCC3)CCN2C(=O)C(Cl)(Cl)Cl)cc1. The Morgan fingerprint density at radius 2 is 1.84 bits per heavy atom. The highest BCUT2D eigenvalue weighted by Gasteiger charge is 2.41. The van der Waals surface area contributed by atoms with E-state index in [9.17, 15) is 4.79 Å². The summed E-state index contributed by atoms with van der Waals surface area (Å²) in [6.07, 6.45) is 6.17. The molecule has 0 spiro atoms. The van der Waals surface area contributed by atoms with Crippen molar-refractivity contribution < 1.29 is 9.53 Å². The van der Waals surface area contributed by atoms with Crippen LogP contribution in [-0.2, 0) is 11.2 Å². The van der Waals surface area contributed by atoms with Crippen LogP contribution in [0.2, 0.25) is 0 Å². The van der Waals surface area contributed by atoms with Crippen LogP contribution in [0.5, 0.6) is 5.75 Å². The molecule has 0 saturated carbocycles. The Hall–Kier alpha value is -0.900. The van der Waals surface area contributed by atoms with Crippen molar-refractivity contribution in [1.82, 2.24) is 4.90 Å². The number of benzene rings is 1. The Balaban J connectivity index is 1.90. The van der Waals surface area contributed by atoms with Crippen molar-refractivity contribution >= 4 is 40.7 Å². The minimum absolute atomic E-state index is 0.0273. The van der Waals surface area contributed by atoms with Crippen molar-refractivity contribution in [2.24, 2.45) is 0 Å². The molecular formula is C19H22Cl3NO2. The first-order valence-electron chi connectivity index (χ1n) is 8.61. The lowest BCUT2D eigenvalue weighted by atomic mass is 9.80. The Bertz CT molecular complexity index is 664. The predicted molar refractivity (Wildman–Crippen MR) is 103 cm³/mol. The van der Waals surface area contributed by atoms with Crippen molar-refractivity contribution in [2.45, 2.75) is 48.4 Å². The van der Waals surface area contributed by atoms with Gasteiger partial charge in [-0.3, -0.25) is 4.79 Å². The topological polar surface area (TPSA) is 29.5 Å². The summed E-state index contributed by atoms with van der Waals surface area (Å²) in [5.41, 5.74) is 4.02. The zero-order chi connectivity index (χ0) is 18.0. The number of nitrogens with zero attached hydrogens (tertiary/aromatic N) is 1. The maximum Gasteiger partial charge on any atom is 0.275 e. The minimum Gasteiger partial charge on any atom is -0.497 e. The van der Waals surface area contributed by atoms with Gasteiger partial charge in [0.15, 0.2) is 0 Å². The lowest BCUT2D eigenvalue weighted by Gasteiger charge is -2.42. The van der Waals surface area contributed by atoms with Gasteiger partial charge in [-0.15, -0.1) is 0 Å². The van der Waals surface area contributed by atoms with Crippen LogP contribution in [0.4, 0.5) is 0 Å². The third-order valence-electron chi connectivity index (χ3n) is 5.15. The molecule has 1 atom stereocenters. The second-order valence-corrected chi connectivity index (χ2v) is 8.93. The molecule has 3 rings (SSSR count). The first-order valence-corrected chi connectivity index (χ1v) is 9.75. The molecule has 1 amide bonds. The molecule has 0 fully saturated rings. The molecule has 1 unspecified atom stereocenters. The monoisotopic (exact) mass is 401 g/mol. The number of hydrogen-bond acceptors (Lipinski definition) is 2. The fraction of sp³-hybridized carbons (Fsp3) is 0.526. The molecule has 3 nitrogen and oxygen atoms in total. The molecule has 25 heavy (non-hydrogen) atoms. The number of amides is 1. The standard InChI is InChI=1S/C19H22Cl3NO2/c1-25-15-8-6-13(7-9-15)12-17-16-5-3-2-4-14(16)10-11-23(17)18(24)19(20,21)22/h6-9,17H,2-5,10-12H2,1H3. The fourth-order valence-corrected chi connectivity index (χ4v) is 4.23. The molecule has 1 heterocycles. The van der Waals surface area contributed by atoms with Crippen LogP contribution >= 0.6 is 34.8 Å². The first-order chi connectivity index (χ1) is 11.9. The van der Waals surface area contributed by atoms with Gasteiger partial charge >= 0.3 is 0 Å². The molecule has 0 saturated heterocycles. The van der Waals surface area contributed by atoms with E-state index in [4.69, 9.17) is 39.5 Å². The Morgan fingerprint density at radius 1 is 1.16 bits per heavy atom. The summed E-state index contributed by atoms with van der Waals surface area (Å²) < 4.78 is 3.31. The van der Waals surface area contributed by atoms with Gasteiger partial charge in [0, 0.05) is 6.54 Å². The molecule has 0 aromatic heterocycles. The lowest BCUT2D eigenvalue weighted by Crippen LogP contribution is -2.50. The van der Waals surface area contributed by atoms with Crippen LogP contribution in [0.3, 0.4) is 0 Å². The molecule has 1 aliphatic carbocycles. The normalized spacial score (nSPS) is 21.1. The van der Waals surface area contributed by atoms with Crippen molar-refractivity contribution in [1.29, 1.82) is 0 Å². The maximum absolute atomic E-state index is 12.7. The maximum atomic E-state index is 12.7. The molecule has 0 bridgehead atoms. The van der Waals surface area contributed by atoms with Crippen LogP contribution < -0.4 is 4.74 Å². The van der Waals surface area contributed by atoms with E-state index >= 15 is 0 Å². The largest absolute Gasteiger partial charge is 0.497 e. The van der Waals surface area contributed by atoms with Crippen molar-refractivity contribution in [3.8, 4) is 5.75 Å². The quantitative estimate of drug-likeness (QED) is 0.521. The van der Waals surface area contributed by atoms with Gasteiger partial charge in [-0.05, 0) is 61.8 Å². The predicted octanol–water partition coefficient (Wildman–Crippen LogP) is 5.08. The Kier molecular flexibility index (Phi) is 5.87. The van der Waals surface area contributed by atoms with Gasteiger partial charge < -0.3 is 9.64 Å². The smallest absolute Gasteiger partial charge is 0.275 e. The summed E-state index contributed by atoms with van der Waals surface area (Å²) in [5, 5.41) is 0. The Labute approximate surface area is 163 Å². The molecular weight excluding hydrogens is 381 g/mol. The van der Waals surface area contributed by atoms with Crippen molar-refractivity contribution in [3.63, 3.8) is 0 Å². The molecule has 2 aliphatic rings. The van der Waals surface area contributed by atoms with E-state index in [-0.39, 0.29) is 6.04 Å². The second kappa shape index (κ2) is 7.77. The highest BCUT2D eigenvalue weighted by Crippen LogP contribution is 2.39. The molecule has 0 radical (unpaired) electrons. The molecule has 1 aromatic rings. The van der Waals surface area contributed by atoms with Gasteiger partial charge in [-0.2, -0.15) is 0 Å². The van der Waals surface area contributed by atoms with E-state index in [0.717, 1.165) is 43.4 Å². The number of methoxy groups -OCH3 is 1. The molecule has 1 aliphatic heterocycles. The molecule has 1 aromatic carbocycles. The summed E-state index contributed by atoms with van der Waals surface area (Å²) in [6.45, 7) is 0.617. The number of rotatable bonds is 3. The van der Waals surface area contributed by atoms with E-state index in [1.54, 1.807) is 12.0 Å². The van der Waals surface area contributed by atoms with E-state index in [2.05, 4.69) is 0 Å². The highest BCUT2D eigenvalue weighted by atomic mass is 35.6. The van der Waals surface area contributed by atoms with E-state index in [0.29, 0.717) is 6.54 Å². The van der Waals surface area contributed by atoms with Crippen molar-refractivity contribution in [3.05, 3.63) is 41.0 Å². The molecule has 136 valence electrons. The zero-order valence-electron chi connectivity index (χ0n) is 14.2. The second-order valence-electron chi connectivity index (χ2n) is 6.65. The van der Waals surface area contributed by atoms with E-state index in [1.807, 2.05) is 24.3 Å². The van der Waals surface area contributed by atoms with Gasteiger partial charge in [0.1, 0.15) is 5.75 Å². The summed E-state index contributed by atoms with van der Waals surface area (Å²) >= 11 is 17.7. The van der Waals surface area contributed by atoms with Crippen LogP contribution in [0.15, 0.2) is 35.4 Å². The van der Waals surface area contributed by atoms with Crippen molar-refractivity contribution in [2.75, 3.05) is 13.7 Å². The lowest BCUT2D eigenvalue weighted by molar-refractivity contribution is -0.132. The number of hydrogen-bond donors (Lipinski definition) is 0. The van der Waals surface area contributed by atoms with Gasteiger partial charge in [-0.25, -0.2) is 0 Å². The first kappa shape index (κ1) is 18.9. The summed E-state index contributed by atoms with van der Waals surface area (Å²) in [4.78, 5) is 14.4. The zero-order valence-corrected chi connectivity index (χ0v) is 16.5. The summed E-state index contributed by atoms with van der Waals surface area (Å²) in [5.74, 6) is 0.396. The molecule has 6 heteroatoms. The number of ether oxygens (including phenoxy) is 1. The van der Waals surface area contributed by atoms with Gasteiger partial charge in [0.2, 0.25) is 0 Å². The highest BCUT2D eigenvalue weighted by molar-refractivity contribution is 6.76. The average molecular weight is 403 g/mol. The summed E-state index contributed by atoms with van der Waals surface area (Å²) in [7, 11) is 1.65. The van der Waals surface area contributed by atoms with Gasteiger partial charge in [-0.1, -0.05) is 52.5 Å². The fourth-order valence-electron chi connectivity index (χ4n) is 3.90. The minimum atomic E-state index is -1.91. The average Bonchev–Trinajstić information content (AvgIpc) is 2.61. The van der Waals surface area contributed by atoms with Crippen LogP contribution in [0.1, 0.15) is 37.7 Å². The summed E-state index contributed by atoms with van der Waals surface area (Å²) in [6, 6.07) is 7.92.